The van der Waals surface area contributed by atoms with Gasteiger partial charge in [-0.25, -0.2) is 4.98 Å². The lowest BCUT2D eigenvalue weighted by atomic mass is 10.1. The van der Waals surface area contributed by atoms with Crippen LogP contribution in [0.2, 0.25) is 0 Å². The van der Waals surface area contributed by atoms with Gasteiger partial charge < -0.3 is 10.1 Å². The van der Waals surface area contributed by atoms with Gasteiger partial charge in [0.25, 0.3) is 5.69 Å². The van der Waals surface area contributed by atoms with Gasteiger partial charge in [0.15, 0.2) is 0 Å². The first kappa shape index (κ1) is 14.0. The second-order valence-corrected chi connectivity index (χ2v) is 4.26. The molecule has 2 aromatic rings. The molecule has 0 radical (unpaired) electrons. The Hall–Kier alpha value is -2.47. The summed E-state index contributed by atoms with van der Waals surface area (Å²) in [5, 5.41) is 13.7. The molecule has 1 heterocycles. The number of rotatable bonds is 6. The van der Waals surface area contributed by atoms with Gasteiger partial charge in [0, 0.05) is 25.9 Å². The minimum atomic E-state index is -0.438. The van der Waals surface area contributed by atoms with Gasteiger partial charge in [-0.1, -0.05) is 24.3 Å². The molecule has 1 aromatic heterocycles. The summed E-state index contributed by atoms with van der Waals surface area (Å²) in [7, 11) is 1.65. The Labute approximate surface area is 116 Å². The van der Waals surface area contributed by atoms with E-state index in [4.69, 9.17) is 4.74 Å². The van der Waals surface area contributed by atoms with Gasteiger partial charge in [0.05, 0.1) is 17.6 Å². The molecular weight excluding hydrogens is 258 g/mol. The Kier molecular flexibility index (Phi) is 4.62. The number of nitro groups is 1. The number of pyridine rings is 1. The van der Waals surface area contributed by atoms with Gasteiger partial charge in [-0.3, -0.25) is 10.1 Å². The third-order valence-electron chi connectivity index (χ3n) is 2.73. The molecule has 104 valence electrons. The summed E-state index contributed by atoms with van der Waals surface area (Å²) < 4.78 is 5.08. The van der Waals surface area contributed by atoms with E-state index in [2.05, 4.69) is 10.3 Å². The van der Waals surface area contributed by atoms with Crippen molar-refractivity contribution in [1.29, 1.82) is 0 Å². The largest absolute Gasteiger partial charge is 0.380 e. The lowest BCUT2D eigenvalue weighted by molar-refractivity contribution is -0.384. The van der Waals surface area contributed by atoms with Crippen molar-refractivity contribution < 1.29 is 9.66 Å². The summed E-state index contributed by atoms with van der Waals surface area (Å²) >= 11 is 0. The highest BCUT2D eigenvalue weighted by molar-refractivity contribution is 5.44. The van der Waals surface area contributed by atoms with E-state index in [1.807, 2.05) is 24.3 Å². The summed E-state index contributed by atoms with van der Waals surface area (Å²) in [4.78, 5) is 14.3. The summed E-state index contributed by atoms with van der Waals surface area (Å²) in [5.74, 6) is 0.483. The van der Waals surface area contributed by atoms with Crippen molar-refractivity contribution in [1.82, 2.24) is 4.98 Å². The predicted octanol–water partition coefficient (Wildman–Crippen LogP) is 2.75. The zero-order chi connectivity index (χ0) is 14.4. The van der Waals surface area contributed by atoms with Crippen LogP contribution in [0.1, 0.15) is 11.1 Å². The van der Waals surface area contributed by atoms with Crippen LogP contribution in [0, 0.1) is 10.1 Å². The van der Waals surface area contributed by atoms with Crippen LogP contribution in [0.4, 0.5) is 11.5 Å². The molecule has 0 aliphatic carbocycles. The first-order valence-electron chi connectivity index (χ1n) is 6.10. The molecule has 0 saturated heterocycles. The number of ether oxygens (including phenoxy) is 1. The van der Waals surface area contributed by atoms with Crippen molar-refractivity contribution in [3.63, 3.8) is 0 Å². The molecule has 0 atom stereocenters. The number of benzene rings is 1. The molecule has 0 fully saturated rings. The number of anilines is 1. The third kappa shape index (κ3) is 3.76. The molecule has 0 amide bonds. The highest BCUT2D eigenvalue weighted by Gasteiger charge is 2.06. The quantitative estimate of drug-likeness (QED) is 0.646. The maximum absolute atomic E-state index is 10.7. The molecule has 0 aliphatic heterocycles. The fourth-order valence-corrected chi connectivity index (χ4v) is 1.82. The Morgan fingerprint density at radius 1 is 1.30 bits per heavy atom. The highest BCUT2D eigenvalue weighted by Crippen LogP contribution is 2.15. The molecular formula is C14H15N3O3. The van der Waals surface area contributed by atoms with Crippen LogP contribution in [0.5, 0.6) is 0 Å². The monoisotopic (exact) mass is 273 g/mol. The van der Waals surface area contributed by atoms with Gasteiger partial charge in [-0.05, 0) is 11.1 Å². The van der Waals surface area contributed by atoms with Crippen molar-refractivity contribution in [2.24, 2.45) is 0 Å². The van der Waals surface area contributed by atoms with Crippen LogP contribution in [0.25, 0.3) is 0 Å². The number of hydrogen-bond donors (Lipinski definition) is 1. The average Bonchev–Trinajstić information content (AvgIpc) is 2.46. The Bertz CT molecular complexity index is 602. The van der Waals surface area contributed by atoms with E-state index >= 15 is 0 Å². The first-order chi connectivity index (χ1) is 9.69. The van der Waals surface area contributed by atoms with E-state index in [1.54, 1.807) is 7.11 Å². The van der Waals surface area contributed by atoms with Crippen molar-refractivity contribution in [3.8, 4) is 0 Å². The fourth-order valence-electron chi connectivity index (χ4n) is 1.82. The SMILES string of the molecule is COCc1cccc(CNc2cc([N+](=O)[O-])ccn2)c1. The van der Waals surface area contributed by atoms with Gasteiger partial charge in [0.1, 0.15) is 5.82 Å². The van der Waals surface area contributed by atoms with Crippen LogP contribution in [0.15, 0.2) is 42.6 Å². The molecule has 2 rings (SSSR count). The second kappa shape index (κ2) is 6.63. The smallest absolute Gasteiger partial charge is 0.274 e. The maximum Gasteiger partial charge on any atom is 0.274 e. The van der Waals surface area contributed by atoms with E-state index in [0.29, 0.717) is 19.0 Å². The van der Waals surface area contributed by atoms with Crippen molar-refractivity contribution in [3.05, 3.63) is 63.8 Å². The summed E-state index contributed by atoms with van der Waals surface area (Å²) in [6.45, 7) is 1.11. The van der Waals surface area contributed by atoms with E-state index in [0.717, 1.165) is 11.1 Å². The molecule has 0 unspecified atom stereocenters. The number of methoxy groups -OCH3 is 1. The van der Waals surface area contributed by atoms with Crippen molar-refractivity contribution >= 4 is 11.5 Å². The summed E-state index contributed by atoms with van der Waals surface area (Å²) in [6.07, 6.45) is 1.42. The fraction of sp³-hybridized carbons (Fsp3) is 0.214. The van der Waals surface area contributed by atoms with Crippen LogP contribution in [-0.4, -0.2) is 17.0 Å². The van der Waals surface area contributed by atoms with Gasteiger partial charge in [-0.15, -0.1) is 0 Å². The molecule has 1 N–H and O–H groups in total. The topological polar surface area (TPSA) is 77.3 Å². The van der Waals surface area contributed by atoms with Gasteiger partial charge in [-0.2, -0.15) is 0 Å². The molecule has 0 spiro atoms. The summed E-state index contributed by atoms with van der Waals surface area (Å²) in [5.41, 5.74) is 2.17. The van der Waals surface area contributed by atoms with Gasteiger partial charge in [0.2, 0.25) is 0 Å². The molecule has 6 heteroatoms. The molecule has 1 aromatic carbocycles. The van der Waals surface area contributed by atoms with Crippen LogP contribution >= 0.6 is 0 Å². The van der Waals surface area contributed by atoms with E-state index in [-0.39, 0.29) is 5.69 Å². The lowest BCUT2D eigenvalue weighted by Crippen LogP contribution is -2.02. The Morgan fingerprint density at radius 2 is 2.10 bits per heavy atom. The Morgan fingerprint density at radius 3 is 2.85 bits per heavy atom. The predicted molar refractivity (Wildman–Crippen MR) is 75.4 cm³/mol. The molecule has 20 heavy (non-hydrogen) atoms. The molecule has 0 bridgehead atoms. The van der Waals surface area contributed by atoms with E-state index in [9.17, 15) is 10.1 Å². The van der Waals surface area contributed by atoms with Crippen LogP contribution in [-0.2, 0) is 17.9 Å². The maximum atomic E-state index is 10.7. The first-order valence-corrected chi connectivity index (χ1v) is 6.10. The average molecular weight is 273 g/mol. The summed E-state index contributed by atoms with van der Waals surface area (Å²) in [6, 6.07) is 10.7. The third-order valence-corrected chi connectivity index (χ3v) is 2.73. The standard InChI is InChI=1S/C14H15N3O3/c1-20-10-12-4-2-3-11(7-12)9-16-14-8-13(17(18)19)5-6-15-14/h2-8H,9-10H2,1H3,(H,15,16). The van der Waals surface area contributed by atoms with Crippen LogP contribution in [0.3, 0.4) is 0 Å². The second-order valence-electron chi connectivity index (χ2n) is 4.26. The van der Waals surface area contributed by atoms with Crippen LogP contribution < -0.4 is 5.32 Å². The van der Waals surface area contributed by atoms with Crippen molar-refractivity contribution in [2.75, 3.05) is 12.4 Å². The normalized spacial score (nSPS) is 10.2. The molecule has 0 aliphatic rings. The minimum Gasteiger partial charge on any atom is -0.380 e. The zero-order valence-electron chi connectivity index (χ0n) is 11.1. The number of nitrogens with zero attached hydrogens (tertiary/aromatic N) is 2. The Balaban J connectivity index is 2.03. The zero-order valence-corrected chi connectivity index (χ0v) is 11.1. The number of nitrogens with one attached hydrogen (secondary N) is 1. The molecule has 0 saturated carbocycles. The lowest BCUT2D eigenvalue weighted by Gasteiger charge is -2.07. The minimum absolute atomic E-state index is 0.0237. The number of hydrogen-bond acceptors (Lipinski definition) is 5. The van der Waals surface area contributed by atoms with E-state index in [1.165, 1.54) is 18.3 Å². The highest BCUT2D eigenvalue weighted by atomic mass is 16.6. The van der Waals surface area contributed by atoms with Gasteiger partial charge >= 0.3 is 0 Å². The number of aromatic nitrogens is 1. The van der Waals surface area contributed by atoms with Crippen molar-refractivity contribution in [2.45, 2.75) is 13.2 Å². The molecule has 6 nitrogen and oxygen atoms in total. The van der Waals surface area contributed by atoms with E-state index < -0.39 is 4.92 Å².